The third kappa shape index (κ3) is 3.26. The summed E-state index contributed by atoms with van der Waals surface area (Å²) in [6.07, 6.45) is 2.50. The predicted molar refractivity (Wildman–Crippen MR) is 69.9 cm³/mol. The zero-order chi connectivity index (χ0) is 13.1. The quantitative estimate of drug-likeness (QED) is 0.793. The van der Waals surface area contributed by atoms with Crippen molar-refractivity contribution in [2.45, 2.75) is 38.8 Å². The second-order valence-electron chi connectivity index (χ2n) is 5.16. The number of nitrogens with zero attached hydrogens (tertiary/aromatic N) is 4. The molecule has 1 atom stereocenters. The van der Waals surface area contributed by atoms with E-state index in [1.807, 2.05) is 11.7 Å². The number of likely N-dealkylation sites (N-methyl/N-ethyl adjacent to an activating group) is 2. The molecular weight excluding hydrogens is 214 g/mol. The lowest BCUT2D eigenvalue weighted by Gasteiger charge is -2.40. The molecular formula is C12H25N5. The Balaban J connectivity index is 2.83. The SMILES string of the molecule is CCNC(Cc1ncnn1C)C(C)(C)N(C)C. The van der Waals surface area contributed by atoms with Crippen LogP contribution in [0.15, 0.2) is 6.33 Å². The van der Waals surface area contributed by atoms with E-state index < -0.39 is 0 Å². The van der Waals surface area contributed by atoms with Gasteiger partial charge in [-0.25, -0.2) is 4.98 Å². The molecule has 1 aromatic heterocycles. The van der Waals surface area contributed by atoms with E-state index in [1.54, 1.807) is 6.33 Å². The van der Waals surface area contributed by atoms with Crippen molar-refractivity contribution in [1.82, 2.24) is 25.0 Å². The highest BCUT2D eigenvalue weighted by Gasteiger charge is 2.31. The third-order valence-electron chi connectivity index (χ3n) is 3.65. The van der Waals surface area contributed by atoms with E-state index in [2.05, 4.69) is 55.2 Å². The Morgan fingerprint density at radius 3 is 2.53 bits per heavy atom. The van der Waals surface area contributed by atoms with Crippen molar-refractivity contribution in [3.63, 3.8) is 0 Å². The van der Waals surface area contributed by atoms with E-state index in [9.17, 15) is 0 Å². The molecule has 1 aromatic rings. The van der Waals surface area contributed by atoms with Gasteiger partial charge in [-0.05, 0) is 34.5 Å². The van der Waals surface area contributed by atoms with Crippen LogP contribution in [0.2, 0.25) is 0 Å². The van der Waals surface area contributed by atoms with E-state index in [-0.39, 0.29) is 5.54 Å². The Bertz CT molecular complexity index is 342. The van der Waals surface area contributed by atoms with Crippen molar-refractivity contribution in [2.75, 3.05) is 20.6 Å². The molecule has 1 N–H and O–H groups in total. The molecule has 0 saturated heterocycles. The van der Waals surface area contributed by atoms with Gasteiger partial charge in [-0.2, -0.15) is 5.10 Å². The zero-order valence-electron chi connectivity index (χ0n) is 11.9. The second-order valence-corrected chi connectivity index (χ2v) is 5.16. The summed E-state index contributed by atoms with van der Waals surface area (Å²) in [7, 11) is 6.16. The van der Waals surface area contributed by atoms with E-state index in [1.165, 1.54) is 0 Å². The number of hydrogen-bond donors (Lipinski definition) is 1. The van der Waals surface area contributed by atoms with E-state index in [4.69, 9.17) is 0 Å². The Kier molecular flexibility index (Phi) is 4.65. The van der Waals surface area contributed by atoms with Gasteiger partial charge in [0.2, 0.25) is 0 Å². The average Bonchev–Trinajstić information content (AvgIpc) is 2.63. The molecule has 1 rings (SSSR count). The smallest absolute Gasteiger partial charge is 0.138 e. The average molecular weight is 239 g/mol. The normalized spacial score (nSPS) is 14.3. The third-order valence-corrected chi connectivity index (χ3v) is 3.65. The highest BCUT2D eigenvalue weighted by atomic mass is 15.3. The molecule has 0 aromatic carbocycles. The topological polar surface area (TPSA) is 46.0 Å². The fourth-order valence-corrected chi connectivity index (χ4v) is 1.82. The highest BCUT2D eigenvalue weighted by molar-refractivity contribution is 4.98. The maximum absolute atomic E-state index is 4.30. The number of rotatable bonds is 6. The molecule has 0 fully saturated rings. The first-order valence-corrected chi connectivity index (χ1v) is 6.13. The molecule has 98 valence electrons. The minimum atomic E-state index is 0.0714. The lowest BCUT2D eigenvalue weighted by molar-refractivity contribution is 0.136. The summed E-state index contributed by atoms with van der Waals surface area (Å²) in [5.74, 6) is 1.02. The van der Waals surface area contributed by atoms with Gasteiger partial charge in [-0.3, -0.25) is 4.68 Å². The molecule has 0 radical (unpaired) electrons. The first-order chi connectivity index (χ1) is 7.89. The van der Waals surface area contributed by atoms with Crippen molar-refractivity contribution < 1.29 is 0 Å². The molecule has 0 bridgehead atoms. The summed E-state index contributed by atoms with van der Waals surface area (Å²) in [5.41, 5.74) is 0.0714. The van der Waals surface area contributed by atoms with Gasteiger partial charge in [0.15, 0.2) is 0 Å². The van der Waals surface area contributed by atoms with Crippen molar-refractivity contribution in [3.8, 4) is 0 Å². The van der Waals surface area contributed by atoms with E-state index in [0.29, 0.717) is 6.04 Å². The van der Waals surface area contributed by atoms with Gasteiger partial charge in [0.05, 0.1) is 0 Å². The van der Waals surface area contributed by atoms with Crippen molar-refractivity contribution in [2.24, 2.45) is 7.05 Å². The van der Waals surface area contributed by atoms with Gasteiger partial charge >= 0.3 is 0 Å². The predicted octanol–water partition coefficient (Wildman–Crippen LogP) is 0.676. The Labute approximate surface area is 104 Å². The van der Waals surface area contributed by atoms with Crippen LogP contribution >= 0.6 is 0 Å². The fraction of sp³-hybridized carbons (Fsp3) is 0.833. The minimum Gasteiger partial charge on any atom is -0.312 e. The Hall–Kier alpha value is -0.940. The molecule has 5 heteroatoms. The molecule has 0 aliphatic heterocycles. The van der Waals surface area contributed by atoms with Crippen LogP contribution in [0.25, 0.3) is 0 Å². The lowest BCUT2D eigenvalue weighted by atomic mass is 9.90. The number of hydrogen-bond acceptors (Lipinski definition) is 4. The molecule has 0 amide bonds. The van der Waals surface area contributed by atoms with Crippen molar-refractivity contribution >= 4 is 0 Å². The van der Waals surface area contributed by atoms with E-state index in [0.717, 1.165) is 18.8 Å². The van der Waals surface area contributed by atoms with Crippen LogP contribution in [0, 0.1) is 0 Å². The lowest BCUT2D eigenvalue weighted by Crippen LogP contribution is -2.56. The van der Waals surface area contributed by atoms with Crippen LogP contribution in [-0.2, 0) is 13.5 Å². The Morgan fingerprint density at radius 1 is 1.47 bits per heavy atom. The maximum atomic E-state index is 4.30. The van der Waals surface area contributed by atoms with Gasteiger partial charge in [-0.15, -0.1) is 0 Å². The van der Waals surface area contributed by atoms with Crippen LogP contribution < -0.4 is 5.32 Å². The Morgan fingerprint density at radius 2 is 2.12 bits per heavy atom. The van der Waals surface area contributed by atoms with Crippen LogP contribution in [0.5, 0.6) is 0 Å². The van der Waals surface area contributed by atoms with Crippen molar-refractivity contribution in [3.05, 3.63) is 12.2 Å². The summed E-state index contributed by atoms with van der Waals surface area (Å²) in [4.78, 5) is 6.55. The first-order valence-electron chi connectivity index (χ1n) is 6.13. The maximum Gasteiger partial charge on any atom is 0.138 e. The molecule has 5 nitrogen and oxygen atoms in total. The summed E-state index contributed by atoms with van der Waals surface area (Å²) >= 11 is 0. The van der Waals surface area contributed by atoms with Gasteiger partial charge in [-0.1, -0.05) is 6.92 Å². The fourth-order valence-electron chi connectivity index (χ4n) is 1.82. The molecule has 0 aliphatic rings. The first kappa shape index (κ1) is 14.1. The summed E-state index contributed by atoms with van der Waals surface area (Å²) < 4.78 is 1.84. The summed E-state index contributed by atoms with van der Waals surface area (Å²) in [6, 6.07) is 0.352. The zero-order valence-corrected chi connectivity index (χ0v) is 11.9. The van der Waals surface area contributed by atoms with Gasteiger partial charge in [0.1, 0.15) is 12.2 Å². The molecule has 0 saturated carbocycles. The standard InChI is InChI=1S/C12H25N5/c1-7-13-10(12(2,3)16(4)5)8-11-14-9-15-17(11)6/h9-10,13H,7-8H2,1-6H3. The van der Waals surface area contributed by atoms with Gasteiger partial charge < -0.3 is 10.2 Å². The van der Waals surface area contributed by atoms with Crippen LogP contribution in [-0.4, -0.2) is 51.9 Å². The highest BCUT2D eigenvalue weighted by Crippen LogP contribution is 2.18. The summed E-state index contributed by atoms with van der Waals surface area (Å²) in [6.45, 7) is 7.59. The van der Waals surface area contributed by atoms with Gasteiger partial charge in [0.25, 0.3) is 0 Å². The molecule has 17 heavy (non-hydrogen) atoms. The van der Waals surface area contributed by atoms with Crippen LogP contribution in [0.4, 0.5) is 0 Å². The minimum absolute atomic E-state index is 0.0714. The summed E-state index contributed by atoms with van der Waals surface area (Å²) in [5, 5.41) is 7.67. The molecule has 1 unspecified atom stereocenters. The molecule has 0 aliphatic carbocycles. The van der Waals surface area contributed by atoms with Gasteiger partial charge in [0, 0.05) is 25.0 Å². The monoisotopic (exact) mass is 239 g/mol. The van der Waals surface area contributed by atoms with E-state index >= 15 is 0 Å². The molecule has 1 heterocycles. The number of aromatic nitrogens is 3. The van der Waals surface area contributed by atoms with Crippen LogP contribution in [0.3, 0.4) is 0 Å². The van der Waals surface area contributed by atoms with Crippen molar-refractivity contribution in [1.29, 1.82) is 0 Å². The molecule has 0 spiro atoms. The van der Waals surface area contributed by atoms with Crippen LogP contribution in [0.1, 0.15) is 26.6 Å². The largest absolute Gasteiger partial charge is 0.312 e. The number of nitrogens with one attached hydrogen (secondary N) is 1. The second kappa shape index (κ2) is 5.60. The number of aryl methyl sites for hydroxylation is 1.